The first-order chi connectivity index (χ1) is 10.6. The molecule has 0 bridgehead atoms. The molecule has 2 aromatic rings. The molecule has 0 spiro atoms. The van der Waals surface area contributed by atoms with E-state index >= 15 is 0 Å². The Balaban J connectivity index is 1.43. The van der Waals surface area contributed by atoms with Crippen LogP contribution >= 0.6 is 11.7 Å². The minimum absolute atomic E-state index is 0.164. The van der Waals surface area contributed by atoms with Crippen molar-refractivity contribution in [3.05, 3.63) is 18.2 Å². The zero-order valence-corrected chi connectivity index (χ0v) is 13.2. The zero-order valence-electron chi connectivity index (χ0n) is 11.6. The van der Waals surface area contributed by atoms with E-state index in [9.17, 15) is 13.2 Å². The fourth-order valence-electron chi connectivity index (χ4n) is 2.53. The average molecular weight is 338 g/mol. The molecule has 116 valence electrons. The van der Waals surface area contributed by atoms with E-state index in [1.54, 1.807) is 6.07 Å². The van der Waals surface area contributed by atoms with E-state index in [1.165, 1.54) is 4.31 Å². The molecule has 1 aromatic carbocycles. The lowest BCUT2D eigenvalue weighted by atomic mass is 10.0. The number of sulfonamides is 1. The molecule has 0 unspecified atom stereocenters. The fourth-order valence-corrected chi connectivity index (χ4v) is 5.01. The largest absolute Gasteiger partial charge is 0.324 e. The summed E-state index contributed by atoms with van der Waals surface area (Å²) in [7, 11) is -3.16. The van der Waals surface area contributed by atoms with E-state index in [0.717, 1.165) is 30.1 Å². The van der Waals surface area contributed by atoms with Crippen molar-refractivity contribution in [1.82, 2.24) is 13.1 Å². The maximum absolute atomic E-state index is 12.2. The number of carbonyl (C=O) groups excluding carboxylic acids is 1. The molecule has 2 aliphatic rings. The molecule has 0 atom stereocenters. The maximum Gasteiger partial charge on any atom is 0.230 e. The Kier molecular flexibility index (Phi) is 3.17. The van der Waals surface area contributed by atoms with Crippen LogP contribution < -0.4 is 5.32 Å². The van der Waals surface area contributed by atoms with Gasteiger partial charge in [-0.05, 0) is 25.0 Å². The maximum atomic E-state index is 12.2. The fraction of sp³-hybridized carbons (Fsp3) is 0.462. The summed E-state index contributed by atoms with van der Waals surface area (Å²) < 4.78 is 33.8. The predicted octanol–water partition coefficient (Wildman–Crippen LogP) is 1.05. The number of benzene rings is 1. The number of amides is 1. The lowest BCUT2D eigenvalue weighted by Crippen LogP contribution is -2.55. The van der Waals surface area contributed by atoms with Crippen LogP contribution in [0.5, 0.6) is 0 Å². The molecular weight excluding hydrogens is 324 g/mol. The Morgan fingerprint density at radius 1 is 1.27 bits per heavy atom. The van der Waals surface area contributed by atoms with Gasteiger partial charge >= 0.3 is 0 Å². The molecule has 2 heterocycles. The summed E-state index contributed by atoms with van der Waals surface area (Å²) >= 11 is 1.10. The van der Waals surface area contributed by atoms with E-state index in [2.05, 4.69) is 14.1 Å². The molecule has 1 aromatic heterocycles. The van der Waals surface area contributed by atoms with Gasteiger partial charge in [-0.25, -0.2) is 8.42 Å². The summed E-state index contributed by atoms with van der Waals surface area (Å²) in [5.74, 6) is -0.460. The van der Waals surface area contributed by atoms with Gasteiger partial charge in [-0.3, -0.25) is 4.79 Å². The molecular formula is C13H14N4O3S2. The van der Waals surface area contributed by atoms with E-state index in [-0.39, 0.29) is 30.2 Å². The van der Waals surface area contributed by atoms with Crippen LogP contribution in [-0.2, 0) is 14.8 Å². The third-order valence-electron chi connectivity index (χ3n) is 4.07. The van der Waals surface area contributed by atoms with E-state index in [4.69, 9.17) is 0 Å². The monoisotopic (exact) mass is 338 g/mol. The third-order valence-corrected chi connectivity index (χ3v) is 6.94. The molecule has 1 aliphatic heterocycles. The SMILES string of the molecule is O=C(Nc1cccc2nsnc12)C1CN(S(=O)(=O)C2CC2)C1. The highest BCUT2D eigenvalue weighted by Crippen LogP contribution is 2.34. The molecule has 4 rings (SSSR count). The highest BCUT2D eigenvalue weighted by atomic mass is 32.2. The van der Waals surface area contributed by atoms with Crippen LogP contribution in [0.4, 0.5) is 5.69 Å². The van der Waals surface area contributed by atoms with Crippen LogP contribution in [-0.4, -0.2) is 45.7 Å². The van der Waals surface area contributed by atoms with Gasteiger partial charge in [0.1, 0.15) is 11.0 Å². The highest BCUT2D eigenvalue weighted by molar-refractivity contribution is 7.90. The molecule has 1 saturated heterocycles. The van der Waals surface area contributed by atoms with Gasteiger partial charge in [-0.15, -0.1) is 0 Å². The third kappa shape index (κ3) is 2.29. The average Bonchev–Trinajstić information content (AvgIpc) is 3.16. The number of aromatic nitrogens is 2. The quantitative estimate of drug-likeness (QED) is 0.900. The van der Waals surface area contributed by atoms with E-state index in [0.29, 0.717) is 11.2 Å². The van der Waals surface area contributed by atoms with Crippen molar-refractivity contribution in [1.29, 1.82) is 0 Å². The van der Waals surface area contributed by atoms with Crippen LogP contribution in [0.3, 0.4) is 0 Å². The second-order valence-corrected chi connectivity index (χ2v) is 8.43. The standard InChI is InChI=1S/C13H14N4O3S2/c18-13(8-6-17(7-8)22(19,20)9-4-5-9)14-10-2-1-3-11-12(10)16-21-15-11/h1-3,8-9H,4-7H2,(H,14,18). The van der Waals surface area contributed by atoms with Crippen LogP contribution in [0.1, 0.15) is 12.8 Å². The number of rotatable bonds is 4. The minimum Gasteiger partial charge on any atom is -0.324 e. The summed E-state index contributed by atoms with van der Waals surface area (Å²) in [4.78, 5) is 12.2. The number of anilines is 1. The smallest absolute Gasteiger partial charge is 0.230 e. The summed E-state index contributed by atoms with van der Waals surface area (Å²) in [6.45, 7) is 0.548. The molecule has 7 nitrogen and oxygen atoms in total. The van der Waals surface area contributed by atoms with E-state index in [1.807, 2.05) is 12.1 Å². The van der Waals surface area contributed by atoms with Crippen LogP contribution in [0.15, 0.2) is 18.2 Å². The van der Waals surface area contributed by atoms with Gasteiger partial charge in [0.25, 0.3) is 0 Å². The van der Waals surface area contributed by atoms with Gasteiger partial charge < -0.3 is 5.32 Å². The van der Waals surface area contributed by atoms with Gasteiger partial charge in [0.2, 0.25) is 15.9 Å². The van der Waals surface area contributed by atoms with Gasteiger partial charge in [-0.2, -0.15) is 13.1 Å². The first kappa shape index (κ1) is 14.0. The Morgan fingerprint density at radius 3 is 2.77 bits per heavy atom. The zero-order chi connectivity index (χ0) is 15.3. The Hall–Kier alpha value is -1.58. The molecule has 2 fully saturated rings. The van der Waals surface area contributed by atoms with Crippen molar-refractivity contribution in [2.24, 2.45) is 5.92 Å². The highest BCUT2D eigenvalue weighted by Gasteiger charge is 2.46. The summed E-state index contributed by atoms with van der Waals surface area (Å²) in [5, 5.41) is 2.62. The van der Waals surface area contributed by atoms with Crippen LogP contribution in [0, 0.1) is 5.92 Å². The first-order valence-corrected chi connectivity index (χ1v) is 9.30. The van der Waals surface area contributed by atoms with Crippen LogP contribution in [0.2, 0.25) is 0 Å². The molecule has 0 radical (unpaired) electrons. The second kappa shape index (κ2) is 4.97. The Morgan fingerprint density at radius 2 is 2.05 bits per heavy atom. The molecule has 9 heteroatoms. The first-order valence-electron chi connectivity index (χ1n) is 7.07. The van der Waals surface area contributed by atoms with E-state index < -0.39 is 10.0 Å². The van der Waals surface area contributed by atoms with Crippen molar-refractivity contribution in [2.75, 3.05) is 18.4 Å². The Labute approximate surface area is 131 Å². The molecule has 1 amide bonds. The summed E-state index contributed by atoms with van der Waals surface area (Å²) in [6.07, 6.45) is 1.49. The Bertz CT molecular complexity index is 838. The van der Waals surface area contributed by atoms with Crippen molar-refractivity contribution in [2.45, 2.75) is 18.1 Å². The number of nitrogens with zero attached hydrogens (tertiary/aromatic N) is 3. The molecule has 22 heavy (non-hydrogen) atoms. The summed E-state index contributed by atoms with van der Waals surface area (Å²) in [5.41, 5.74) is 2.04. The lowest BCUT2D eigenvalue weighted by Gasteiger charge is -2.37. The van der Waals surface area contributed by atoms with Crippen molar-refractivity contribution in [3.8, 4) is 0 Å². The number of fused-ring (bicyclic) bond motifs is 1. The second-order valence-electron chi connectivity index (χ2n) is 5.68. The number of nitrogens with one attached hydrogen (secondary N) is 1. The van der Waals surface area contributed by atoms with Crippen molar-refractivity contribution < 1.29 is 13.2 Å². The molecule has 1 aliphatic carbocycles. The van der Waals surface area contributed by atoms with Gasteiger partial charge in [-0.1, -0.05) is 6.07 Å². The molecule has 1 N–H and O–H groups in total. The topological polar surface area (TPSA) is 92.3 Å². The van der Waals surface area contributed by atoms with Gasteiger partial charge in [0.05, 0.1) is 28.6 Å². The normalized spacial score (nSPS) is 20.0. The number of hydrogen-bond donors (Lipinski definition) is 1. The van der Waals surface area contributed by atoms with Crippen molar-refractivity contribution in [3.63, 3.8) is 0 Å². The predicted molar refractivity (Wildman–Crippen MR) is 83.0 cm³/mol. The number of carbonyl (C=O) groups is 1. The summed E-state index contributed by atoms with van der Waals surface area (Å²) in [6, 6.07) is 5.42. The van der Waals surface area contributed by atoms with Crippen molar-refractivity contribution >= 4 is 44.4 Å². The van der Waals surface area contributed by atoms with Gasteiger partial charge in [0, 0.05) is 13.1 Å². The molecule has 1 saturated carbocycles. The lowest BCUT2D eigenvalue weighted by molar-refractivity contribution is -0.122. The van der Waals surface area contributed by atoms with Crippen LogP contribution in [0.25, 0.3) is 11.0 Å². The van der Waals surface area contributed by atoms with Gasteiger partial charge in [0.15, 0.2) is 0 Å². The minimum atomic E-state index is -3.16. The number of hydrogen-bond acceptors (Lipinski definition) is 6.